The van der Waals surface area contributed by atoms with Gasteiger partial charge in [0.2, 0.25) is 0 Å². The standard InChI is InChI=1S/C49H33N3O/c1-3-14-32(15-4-1)51-28-29-52(33-16-5-2-6-17-33)45-31-43-42(30-44(45)51)38-22-11-21-37(41-24-12-23-40-35-19-9-10-26-46(35)53-49(40)41)47(38)36-20-8-7-18-34(36)39-25-13-27-50-48(39)43/h1-27,30-31H,28-29H2. The van der Waals surface area contributed by atoms with E-state index in [1.807, 2.05) is 12.3 Å². The van der Waals surface area contributed by atoms with Crippen molar-refractivity contribution in [3.05, 3.63) is 176 Å². The monoisotopic (exact) mass is 679 g/mol. The third-order valence-corrected chi connectivity index (χ3v) is 11.0. The van der Waals surface area contributed by atoms with E-state index in [9.17, 15) is 0 Å². The number of anilines is 4. The predicted molar refractivity (Wildman–Crippen MR) is 219 cm³/mol. The normalized spacial score (nSPS) is 13.1. The van der Waals surface area contributed by atoms with E-state index < -0.39 is 0 Å². The minimum Gasteiger partial charge on any atom is -0.455 e. The van der Waals surface area contributed by atoms with Crippen LogP contribution in [0.1, 0.15) is 0 Å². The topological polar surface area (TPSA) is 32.5 Å². The number of hydrogen-bond acceptors (Lipinski definition) is 4. The maximum absolute atomic E-state index is 6.67. The number of para-hydroxylation sites is 4. The fourth-order valence-corrected chi connectivity index (χ4v) is 8.65. The Bertz CT molecular complexity index is 2860. The molecule has 3 heterocycles. The molecule has 0 amide bonds. The van der Waals surface area contributed by atoms with Crippen molar-refractivity contribution in [1.29, 1.82) is 0 Å². The van der Waals surface area contributed by atoms with Gasteiger partial charge in [0.05, 0.1) is 17.1 Å². The van der Waals surface area contributed by atoms with Gasteiger partial charge in [-0.15, -0.1) is 0 Å². The van der Waals surface area contributed by atoms with E-state index in [1.165, 1.54) is 39.4 Å². The van der Waals surface area contributed by atoms with E-state index in [-0.39, 0.29) is 0 Å². The first-order valence-electron chi connectivity index (χ1n) is 18.2. The summed E-state index contributed by atoms with van der Waals surface area (Å²) in [6, 6.07) is 61.1. The number of pyridine rings is 1. The van der Waals surface area contributed by atoms with Crippen LogP contribution in [0.4, 0.5) is 22.7 Å². The molecule has 0 N–H and O–H groups in total. The molecule has 0 saturated heterocycles. The highest BCUT2D eigenvalue weighted by atomic mass is 16.3. The van der Waals surface area contributed by atoms with Gasteiger partial charge in [-0.2, -0.15) is 0 Å². The zero-order chi connectivity index (χ0) is 34.9. The third-order valence-electron chi connectivity index (χ3n) is 11.0. The minimum atomic E-state index is 0.851. The highest BCUT2D eigenvalue weighted by Crippen LogP contribution is 2.54. The van der Waals surface area contributed by atoms with E-state index in [0.29, 0.717) is 0 Å². The van der Waals surface area contributed by atoms with Gasteiger partial charge < -0.3 is 14.2 Å². The molecule has 0 radical (unpaired) electrons. The van der Waals surface area contributed by atoms with E-state index >= 15 is 0 Å². The Morgan fingerprint density at radius 1 is 0.415 bits per heavy atom. The minimum absolute atomic E-state index is 0.851. The van der Waals surface area contributed by atoms with Crippen molar-refractivity contribution >= 4 is 44.7 Å². The van der Waals surface area contributed by atoms with E-state index in [2.05, 4.69) is 174 Å². The van der Waals surface area contributed by atoms with Crippen LogP contribution < -0.4 is 9.80 Å². The van der Waals surface area contributed by atoms with Crippen molar-refractivity contribution < 1.29 is 4.42 Å². The molecule has 53 heavy (non-hydrogen) atoms. The van der Waals surface area contributed by atoms with Crippen LogP contribution in [0.3, 0.4) is 0 Å². The van der Waals surface area contributed by atoms with Gasteiger partial charge in [-0.05, 0) is 81.9 Å². The Labute approximate surface area is 307 Å². The lowest BCUT2D eigenvalue weighted by Gasteiger charge is -2.40. The molecule has 2 aliphatic rings. The van der Waals surface area contributed by atoms with Crippen molar-refractivity contribution in [2.24, 2.45) is 0 Å². The number of aromatic nitrogens is 1. The van der Waals surface area contributed by atoms with Gasteiger partial charge in [-0.1, -0.05) is 121 Å². The lowest BCUT2D eigenvalue weighted by Crippen LogP contribution is -2.36. The van der Waals surface area contributed by atoms with E-state index in [0.717, 1.165) is 74.1 Å². The predicted octanol–water partition coefficient (Wildman–Crippen LogP) is 12.9. The summed E-state index contributed by atoms with van der Waals surface area (Å²) >= 11 is 0. The molecular formula is C49H33N3O. The lowest BCUT2D eigenvalue weighted by molar-refractivity contribution is 0.670. The average Bonchev–Trinajstić information content (AvgIpc) is 3.62. The molecule has 2 aromatic heterocycles. The molecule has 0 bridgehead atoms. The van der Waals surface area contributed by atoms with Gasteiger partial charge in [0.25, 0.3) is 0 Å². The van der Waals surface area contributed by atoms with Crippen LogP contribution in [0.15, 0.2) is 180 Å². The van der Waals surface area contributed by atoms with Gasteiger partial charge in [0, 0.05) is 58.1 Å². The van der Waals surface area contributed by atoms with Crippen LogP contribution in [0.5, 0.6) is 0 Å². The van der Waals surface area contributed by atoms with Crippen molar-refractivity contribution in [3.8, 4) is 55.8 Å². The largest absolute Gasteiger partial charge is 0.455 e. The maximum atomic E-state index is 6.67. The molecule has 0 spiro atoms. The Kier molecular flexibility index (Phi) is 6.65. The van der Waals surface area contributed by atoms with Crippen LogP contribution in [-0.4, -0.2) is 18.1 Å². The van der Waals surface area contributed by atoms with E-state index in [1.54, 1.807) is 0 Å². The first-order valence-corrected chi connectivity index (χ1v) is 18.2. The number of rotatable bonds is 3. The van der Waals surface area contributed by atoms with Crippen LogP contribution in [0.25, 0.3) is 77.7 Å². The van der Waals surface area contributed by atoms with Crippen molar-refractivity contribution in [1.82, 2.24) is 4.98 Å². The summed E-state index contributed by atoms with van der Waals surface area (Å²) in [5, 5.41) is 2.25. The molecule has 0 saturated carbocycles. The molecular weight excluding hydrogens is 647 g/mol. The Hall–Kier alpha value is -6.91. The molecule has 4 heteroatoms. The smallest absolute Gasteiger partial charge is 0.143 e. The zero-order valence-electron chi connectivity index (χ0n) is 28.9. The fraction of sp³-hybridized carbons (Fsp3) is 0.0408. The summed E-state index contributed by atoms with van der Waals surface area (Å²) in [7, 11) is 0. The van der Waals surface area contributed by atoms with Crippen LogP contribution in [-0.2, 0) is 0 Å². The molecule has 1 aliphatic carbocycles. The molecule has 7 aromatic carbocycles. The molecule has 0 atom stereocenters. The number of benzene rings is 7. The Balaban J connectivity index is 1.25. The summed E-state index contributed by atoms with van der Waals surface area (Å²) in [6.07, 6.45) is 1.93. The molecule has 0 unspecified atom stereocenters. The Morgan fingerprint density at radius 3 is 1.72 bits per heavy atom. The second-order valence-electron chi connectivity index (χ2n) is 13.8. The molecule has 250 valence electrons. The molecule has 11 rings (SSSR count). The second-order valence-corrected chi connectivity index (χ2v) is 13.8. The van der Waals surface area contributed by atoms with Gasteiger partial charge in [-0.3, -0.25) is 4.98 Å². The molecule has 1 aliphatic heterocycles. The maximum Gasteiger partial charge on any atom is 0.143 e. The highest BCUT2D eigenvalue weighted by molar-refractivity contribution is 6.14. The average molecular weight is 680 g/mol. The van der Waals surface area contributed by atoms with Crippen molar-refractivity contribution in [2.45, 2.75) is 0 Å². The first kappa shape index (κ1) is 29.8. The number of fused-ring (bicyclic) bond motifs is 12. The van der Waals surface area contributed by atoms with Gasteiger partial charge in [0.15, 0.2) is 0 Å². The third kappa shape index (κ3) is 4.59. The first-order chi connectivity index (χ1) is 26.3. The van der Waals surface area contributed by atoms with E-state index in [4.69, 9.17) is 9.40 Å². The van der Waals surface area contributed by atoms with Crippen molar-refractivity contribution in [2.75, 3.05) is 22.9 Å². The van der Waals surface area contributed by atoms with Gasteiger partial charge in [-0.25, -0.2) is 0 Å². The molecule has 4 nitrogen and oxygen atoms in total. The van der Waals surface area contributed by atoms with Crippen LogP contribution in [0, 0.1) is 0 Å². The molecule has 0 fully saturated rings. The molecule has 9 aromatic rings. The SMILES string of the molecule is c1ccc(N2CCN(c3ccccc3)c3cc4c(cc32)-c2cccc(-c3cccc5c3oc3ccccc35)c2-c2ccccc2-c2cccnc2-4)cc1. The lowest BCUT2D eigenvalue weighted by atomic mass is 9.79. The van der Waals surface area contributed by atoms with Crippen LogP contribution >= 0.6 is 0 Å². The summed E-state index contributed by atoms with van der Waals surface area (Å²) in [5.41, 5.74) is 17.8. The van der Waals surface area contributed by atoms with Gasteiger partial charge in [0.1, 0.15) is 11.2 Å². The van der Waals surface area contributed by atoms with Crippen LogP contribution in [0.2, 0.25) is 0 Å². The zero-order valence-corrected chi connectivity index (χ0v) is 28.9. The number of nitrogens with zero attached hydrogens (tertiary/aromatic N) is 3. The highest BCUT2D eigenvalue weighted by Gasteiger charge is 2.31. The summed E-state index contributed by atoms with van der Waals surface area (Å²) in [6.45, 7) is 1.70. The Morgan fingerprint density at radius 2 is 0.962 bits per heavy atom. The quantitative estimate of drug-likeness (QED) is 0.186. The van der Waals surface area contributed by atoms with Gasteiger partial charge >= 0.3 is 0 Å². The summed E-state index contributed by atoms with van der Waals surface area (Å²) in [4.78, 5) is 10.1. The fourth-order valence-electron chi connectivity index (χ4n) is 8.65. The number of furan rings is 1. The summed E-state index contributed by atoms with van der Waals surface area (Å²) in [5.74, 6) is 0. The summed E-state index contributed by atoms with van der Waals surface area (Å²) < 4.78 is 6.67. The van der Waals surface area contributed by atoms with Crippen molar-refractivity contribution in [3.63, 3.8) is 0 Å². The second kappa shape index (κ2) is 11.8. The number of hydrogen-bond donors (Lipinski definition) is 0.